The summed E-state index contributed by atoms with van der Waals surface area (Å²) in [5.41, 5.74) is 1.18. The first-order chi connectivity index (χ1) is 16.0. The van der Waals surface area contributed by atoms with Crippen molar-refractivity contribution in [2.45, 2.75) is 5.03 Å². The van der Waals surface area contributed by atoms with Crippen molar-refractivity contribution in [3.05, 3.63) is 65.7 Å². The maximum atomic E-state index is 13.9. The molecule has 1 fully saturated rings. The molecule has 0 bridgehead atoms. The molecule has 0 unspecified atom stereocenters. The second-order valence-electron chi connectivity index (χ2n) is 7.32. The summed E-state index contributed by atoms with van der Waals surface area (Å²) < 4.78 is 19.4. The van der Waals surface area contributed by atoms with Crippen LogP contribution >= 0.6 is 23.4 Å². The predicted molar refractivity (Wildman–Crippen MR) is 130 cm³/mol. The van der Waals surface area contributed by atoms with Crippen molar-refractivity contribution in [2.24, 2.45) is 0 Å². The van der Waals surface area contributed by atoms with Crippen LogP contribution in [0.15, 0.2) is 59.9 Å². The minimum Gasteiger partial charge on any atom is -0.495 e. The molecule has 0 atom stereocenters. The van der Waals surface area contributed by atoms with Crippen LogP contribution in [-0.4, -0.2) is 54.9 Å². The van der Waals surface area contributed by atoms with Gasteiger partial charge in [0.1, 0.15) is 28.7 Å². The van der Waals surface area contributed by atoms with E-state index in [1.807, 2.05) is 24.3 Å². The lowest BCUT2D eigenvalue weighted by atomic mass is 10.2. The smallest absolute Gasteiger partial charge is 0.234 e. The summed E-state index contributed by atoms with van der Waals surface area (Å²) in [6.45, 7) is 3.27. The lowest BCUT2D eigenvalue weighted by Crippen LogP contribution is -2.47. The second kappa shape index (κ2) is 10.7. The number of nitrogens with one attached hydrogen (secondary N) is 1. The quantitative estimate of drug-likeness (QED) is 0.392. The zero-order valence-corrected chi connectivity index (χ0v) is 19.6. The number of amides is 1. The first-order valence-corrected chi connectivity index (χ1v) is 11.7. The van der Waals surface area contributed by atoms with Gasteiger partial charge in [0.15, 0.2) is 0 Å². The van der Waals surface area contributed by atoms with Crippen LogP contribution in [0, 0.1) is 5.82 Å². The van der Waals surface area contributed by atoms with E-state index >= 15 is 0 Å². The summed E-state index contributed by atoms with van der Waals surface area (Å²) in [5.74, 6) is 0.879. The van der Waals surface area contributed by atoms with E-state index in [-0.39, 0.29) is 22.4 Å². The number of ether oxygens (including phenoxy) is 1. The van der Waals surface area contributed by atoms with Gasteiger partial charge in [-0.3, -0.25) is 4.79 Å². The van der Waals surface area contributed by atoms with E-state index < -0.39 is 5.82 Å². The van der Waals surface area contributed by atoms with Crippen molar-refractivity contribution < 1.29 is 13.9 Å². The van der Waals surface area contributed by atoms with Crippen molar-refractivity contribution in [1.82, 2.24) is 9.97 Å². The molecule has 1 aliphatic rings. The van der Waals surface area contributed by atoms with Crippen LogP contribution in [0.25, 0.3) is 0 Å². The Hall–Kier alpha value is -3.04. The van der Waals surface area contributed by atoms with Crippen LogP contribution in [0.4, 0.5) is 21.6 Å². The highest BCUT2D eigenvalue weighted by atomic mass is 35.5. The van der Waals surface area contributed by atoms with Gasteiger partial charge in [-0.05, 0) is 30.3 Å². The summed E-state index contributed by atoms with van der Waals surface area (Å²) in [6.07, 6.45) is 1.50. The first kappa shape index (κ1) is 23.1. The highest BCUT2D eigenvalue weighted by Gasteiger charge is 2.21. The Morgan fingerprint density at radius 2 is 1.88 bits per heavy atom. The summed E-state index contributed by atoms with van der Waals surface area (Å²) in [4.78, 5) is 25.4. The van der Waals surface area contributed by atoms with Crippen molar-refractivity contribution in [2.75, 3.05) is 54.2 Å². The molecular formula is C23H23ClFN5O2S. The molecular weight excluding hydrogens is 465 g/mol. The molecule has 2 aromatic carbocycles. The van der Waals surface area contributed by atoms with Gasteiger partial charge in [0, 0.05) is 37.3 Å². The largest absolute Gasteiger partial charge is 0.495 e. The third-order valence-electron chi connectivity index (χ3n) is 5.21. The maximum Gasteiger partial charge on any atom is 0.234 e. The molecule has 1 aromatic heterocycles. The Morgan fingerprint density at radius 1 is 1.12 bits per heavy atom. The molecule has 10 heteroatoms. The van der Waals surface area contributed by atoms with Gasteiger partial charge in [0.25, 0.3) is 0 Å². The van der Waals surface area contributed by atoms with Crippen LogP contribution in [-0.2, 0) is 4.79 Å². The maximum absolute atomic E-state index is 13.9. The molecule has 1 aliphatic heterocycles. The number of hydrogen-bond donors (Lipinski definition) is 1. The first-order valence-electron chi connectivity index (χ1n) is 10.4. The number of carbonyl (C=O) groups excluding carboxylic acids is 1. The third-order valence-corrected chi connectivity index (χ3v) is 6.37. The fourth-order valence-electron chi connectivity index (χ4n) is 3.57. The van der Waals surface area contributed by atoms with Gasteiger partial charge in [0.05, 0.1) is 24.2 Å². The fraction of sp³-hybridized carbons (Fsp3) is 0.261. The molecule has 0 saturated carbocycles. The van der Waals surface area contributed by atoms with Gasteiger partial charge in [-0.1, -0.05) is 35.5 Å². The summed E-state index contributed by atoms with van der Waals surface area (Å²) in [5, 5.41) is 3.51. The van der Waals surface area contributed by atoms with Gasteiger partial charge in [-0.25, -0.2) is 14.4 Å². The van der Waals surface area contributed by atoms with Crippen LogP contribution in [0.5, 0.6) is 5.75 Å². The van der Waals surface area contributed by atoms with Crippen molar-refractivity contribution in [1.29, 1.82) is 0 Å². The van der Waals surface area contributed by atoms with E-state index in [0.717, 1.165) is 49.5 Å². The SMILES string of the molecule is COc1ccccc1N1CCN(c2cc(SCC(=O)Nc3ccc(Cl)cc3F)ncn2)CC1. The zero-order valence-electron chi connectivity index (χ0n) is 18.0. The Labute approximate surface area is 200 Å². The number of para-hydroxylation sites is 2. The van der Waals surface area contributed by atoms with Crippen LogP contribution < -0.4 is 19.9 Å². The van der Waals surface area contributed by atoms with E-state index in [9.17, 15) is 9.18 Å². The molecule has 1 saturated heterocycles. The number of aromatic nitrogens is 2. The van der Waals surface area contributed by atoms with Gasteiger partial charge in [-0.2, -0.15) is 0 Å². The number of nitrogens with zero attached hydrogens (tertiary/aromatic N) is 4. The number of halogens is 2. The molecule has 1 N–H and O–H groups in total. The molecule has 0 aliphatic carbocycles. The minimum absolute atomic E-state index is 0.0973. The number of rotatable bonds is 7. The highest BCUT2D eigenvalue weighted by molar-refractivity contribution is 7.99. The monoisotopic (exact) mass is 487 g/mol. The number of piperazine rings is 1. The normalized spacial score (nSPS) is 13.7. The van der Waals surface area contributed by atoms with Gasteiger partial charge < -0.3 is 19.9 Å². The zero-order chi connectivity index (χ0) is 23.2. The Balaban J connectivity index is 1.32. The van der Waals surface area contributed by atoms with Crippen molar-refractivity contribution in [3.8, 4) is 5.75 Å². The summed E-state index contributed by atoms with van der Waals surface area (Å²) in [7, 11) is 1.68. The lowest BCUT2D eigenvalue weighted by molar-refractivity contribution is -0.113. The Morgan fingerprint density at radius 3 is 2.64 bits per heavy atom. The topological polar surface area (TPSA) is 70.6 Å². The van der Waals surface area contributed by atoms with E-state index in [0.29, 0.717) is 5.03 Å². The number of methoxy groups -OCH3 is 1. The number of carbonyl (C=O) groups is 1. The number of anilines is 3. The molecule has 172 valence electrons. The standard InChI is InChI=1S/C23H23ClFN5O2S/c1-32-20-5-3-2-4-19(20)29-8-10-30(11-9-29)21-13-23(27-15-26-21)33-14-22(31)28-18-7-6-16(24)12-17(18)25/h2-7,12-13,15H,8-11,14H2,1H3,(H,28,31). The molecule has 0 spiro atoms. The average Bonchev–Trinajstić information content (AvgIpc) is 2.85. The summed E-state index contributed by atoms with van der Waals surface area (Å²) in [6, 6.07) is 14.0. The third kappa shape index (κ3) is 5.85. The fourth-order valence-corrected chi connectivity index (χ4v) is 4.39. The molecule has 33 heavy (non-hydrogen) atoms. The molecule has 1 amide bonds. The van der Waals surface area contributed by atoms with E-state index in [2.05, 4.69) is 31.2 Å². The molecule has 0 radical (unpaired) electrons. The van der Waals surface area contributed by atoms with E-state index in [1.54, 1.807) is 7.11 Å². The Kier molecular flexibility index (Phi) is 7.51. The van der Waals surface area contributed by atoms with E-state index in [4.69, 9.17) is 16.3 Å². The molecule has 4 rings (SSSR count). The van der Waals surface area contributed by atoms with Gasteiger partial charge in [0.2, 0.25) is 5.91 Å². The van der Waals surface area contributed by atoms with Crippen LogP contribution in [0.2, 0.25) is 5.02 Å². The average molecular weight is 488 g/mol. The van der Waals surface area contributed by atoms with Gasteiger partial charge in [-0.15, -0.1) is 0 Å². The summed E-state index contributed by atoms with van der Waals surface area (Å²) >= 11 is 7.02. The van der Waals surface area contributed by atoms with Crippen LogP contribution in [0.1, 0.15) is 0 Å². The predicted octanol–water partition coefficient (Wildman–Crippen LogP) is 4.34. The highest BCUT2D eigenvalue weighted by Crippen LogP contribution is 2.29. The number of benzene rings is 2. The van der Waals surface area contributed by atoms with Crippen LogP contribution in [0.3, 0.4) is 0 Å². The molecule has 3 aromatic rings. The molecule has 7 nitrogen and oxygen atoms in total. The minimum atomic E-state index is -0.572. The lowest BCUT2D eigenvalue weighted by Gasteiger charge is -2.37. The van der Waals surface area contributed by atoms with E-state index in [1.165, 1.54) is 30.2 Å². The molecule has 2 heterocycles. The number of hydrogen-bond acceptors (Lipinski definition) is 7. The van der Waals surface area contributed by atoms with Crippen molar-refractivity contribution in [3.63, 3.8) is 0 Å². The Bertz CT molecular complexity index is 1130. The van der Waals surface area contributed by atoms with Crippen molar-refractivity contribution >= 4 is 46.5 Å². The van der Waals surface area contributed by atoms with Gasteiger partial charge >= 0.3 is 0 Å². The second-order valence-corrected chi connectivity index (χ2v) is 8.75. The number of thioether (sulfide) groups is 1.